The van der Waals surface area contributed by atoms with Crippen LogP contribution >= 0.6 is 0 Å². The van der Waals surface area contributed by atoms with Crippen molar-refractivity contribution in [2.75, 3.05) is 19.8 Å². The van der Waals surface area contributed by atoms with Crippen LogP contribution in [0.15, 0.2) is 24.3 Å². The normalized spacial score (nSPS) is 11.4. The lowest BCUT2D eigenvalue weighted by Gasteiger charge is -2.06. The van der Waals surface area contributed by atoms with E-state index in [-0.39, 0.29) is 0 Å². The van der Waals surface area contributed by atoms with Gasteiger partial charge in [-0.1, -0.05) is 12.1 Å². The summed E-state index contributed by atoms with van der Waals surface area (Å²) in [5.74, 6) is 0. The van der Waals surface area contributed by atoms with Crippen molar-refractivity contribution in [3.63, 3.8) is 0 Å². The number of H-pyrrole nitrogens is 1. The molecule has 2 rings (SSSR count). The Morgan fingerprint density at radius 3 is 2.79 bits per heavy atom. The van der Waals surface area contributed by atoms with E-state index in [1.807, 2.05) is 12.1 Å². The minimum absolute atomic E-state index is 0.813. The quantitative estimate of drug-likeness (QED) is 0.708. The van der Waals surface area contributed by atoms with Gasteiger partial charge in [-0.2, -0.15) is 0 Å². The largest absolute Gasteiger partial charge is 0.397 e. The maximum atomic E-state index is 5.86. The molecule has 3 nitrogen and oxygen atoms in total. The molecule has 0 aliphatic rings. The number of rotatable bonds is 2. The van der Waals surface area contributed by atoms with Crippen LogP contribution in [0.1, 0.15) is 5.69 Å². The zero-order chi connectivity index (χ0) is 10.1. The van der Waals surface area contributed by atoms with Crippen molar-refractivity contribution < 1.29 is 0 Å². The van der Waals surface area contributed by atoms with E-state index >= 15 is 0 Å². The van der Waals surface area contributed by atoms with E-state index in [9.17, 15) is 0 Å². The summed E-state index contributed by atoms with van der Waals surface area (Å²) in [5, 5.41) is 1.18. The molecule has 0 saturated heterocycles. The molecule has 0 aliphatic carbocycles. The second kappa shape index (κ2) is 3.35. The third kappa shape index (κ3) is 1.59. The molecule has 0 fully saturated rings. The number of anilines is 1. The number of nitrogens with one attached hydrogen (secondary N) is 1. The maximum Gasteiger partial charge on any atom is 0.0690 e. The van der Waals surface area contributed by atoms with Crippen LogP contribution in [-0.2, 0) is 6.54 Å². The highest BCUT2D eigenvalue weighted by Gasteiger charge is 2.03. The summed E-state index contributed by atoms with van der Waals surface area (Å²) in [4.78, 5) is 5.45. The average molecular weight is 189 g/mol. The molecule has 0 spiro atoms. The van der Waals surface area contributed by atoms with Crippen molar-refractivity contribution in [3.05, 3.63) is 30.0 Å². The van der Waals surface area contributed by atoms with Crippen molar-refractivity contribution in [2.24, 2.45) is 0 Å². The van der Waals surface area contributed by atoms with E-state index < -0.39 is 0 Å². The standard InChI is InChI=1S/C11H15N3/c1-14(2)7-9-6-8-4-3-5-10(12)11(8)13-9/h3-6,13H,7,12H2,1-2H3. The molecule has 2 aromatic rings. The molecule has 0 unspecified atom stereocenters. The van der Waals surface area contributed by atoms with E-state index in [0.717, 1.165) is 17.7 Å². The van der Waals surface area contributed by atoms with Crippen LogP contribution in [0.5, 0.6) is 0 Å². The van der Waals surface area contributed by atoms with Crippen molar-refractivity contribution in [1.82, 2.24) is 9.88 Å². The summed E-state index contributed by atoms with van der Waals surface area (Å²) in [6.45, 7) is 0.911. The van der Waals surface area contributed by atoms with Gasteiger partial charge in [-0.3, -0.25) is 0 Å². The number of nitrogens with zero attached hydrogens (tertiary/aromatic N) is 1. The fraction of sp³-hybridized carbons (Fsp3) is 0.273. The third-order valence-corrected chi connectivity index (χ3v) is 2.23. The summed E-state index contributed by atoms with van der Waals surface area (Å²) >= 11 is 0. The molecule has 0 aliphatic heterocycles. The lowest BCUT2D eigenvalue weighted by Crippen LogP contribution is -2.10. The Morgan fingerprint density at radius 2 is 2.14 bits per heavy atom. The van der Waals surface area contributed by atoms with Crippen LogP contribution in [0, 0.1) is 0 Å². The first-order valence-corrected chi connectivity index (χ1v) is 4.67. The van der Waals surface area contributed by atoms with Gasteiger partial charge in [0, 0.05) is 17.6 Å². The van der Waals surface area contributed by atoms with E-state index in [2.05, 4.69) is 36.1 Å². The molecule has 0 bridgehead atoms. The minimum atomic E-state index is 0.813. The minimum Gasteiger partial charge on any atom is -0.397 e. The van der Waals surface area contributed by atoms with Gasteiger partial charge in [0.1, 0.15) is 0 Å². The van der Waals surface area contributed by atoms with Gasteiger partial charge in [0.25, 0.3) is 0 Å². The molecule has 3 heteroatoms. The summed E-state index contributed by atoms with van der Waals surface area (Å²) < 4.78 is 0. The number of hydrogen-bond acceptors (Lipinski definition) is 2. The molecule has 1 heterocycles. The van der Waals surface area contributed by atoms with Gasteiger partial charge in [0.05, 0.1) is 11.2 Å². The molecule has 74 valence electrons. The fourth-order valence-corrected chi connectivity index (χ4v) is 1.66. The van der Waals surface area contributed by atoms with Gasteiger partial charge < -0.3 is 15.6 Å². The van der Waals surface area contributed by atoms with Gasteiger partial charge in [0.15, 0.2) is 0 Å². The number of hydrogen-bond donors (Lipinski definition) is 2. The topological polar surface area (TPSA) is 45.0 Å². The molecule has 1 aromatic carbocycles. The molecule has 0 atom stereocenters. The smallest absolute Gasteiger partial charge is 0.0690 e. The van der Waals surface area contributed by atoms with E-state index in [1.165, 1.54) is 11.1 Å². The zero-order valence-electron chi connectivity index (χ0n) is 8.54. The number of aromatic nitrogens is 1. The first kappa shape index (κ1) is 9.09. The first-order valence-electron chi connectivity index (χ1n) is 4.67. The Kier molecular flexibility index (Phi) is 2.17. The van der Waals surface area contributed by atoms with Crippen LogP contribution in [-0.4, -0.2) is 24.0 Å². The number of aromatic amines is 1. The van der Waals surface area contributed by atoms with Crippen molar-refractivity contribution in [2.45, 2.75) is 6.54 Å². The lowest BCUT2D eigenvalue weighted by atomic mass is 10.2. The van der Waals surface area contributed by atoms with E-state index in [4.69, 9.17) is 5.73 Å². The third-order valence-electron chi connectivity index (χ3n) is 2.23. The predicted octanol–water partition coefficient (Wildman–Crippen LogP) is 1.81. The Hall–Kier alpha value is -1.48. The number of fused-ring (bicyclic) bond motifs is 1. The zero-order valence-corrected chi connectivity index (χ0v) is 8.54. The lowest BCUT2D eigenvalue weighted by molar-refractivity contribution is 0.398. The summed E-state index contributed by atoms with van der Waals surface area (Å²) in [7, 11) is 4.10. The van der Waals surface area contributed by atoms with Crippen molar-refractivity contribution in [1.29, 1.82) is 0 Å². The summed E-state index contributed by atoms with van der Waals surface area (Å²) in [6.07, 6.45) is 0. The van der Waals surface area contributed by atoms with Crippen LogP contribution in [0.4, 0.5) is 5.69 Å². The van der Waals surface area contributed by atoms with E-state index in [0.29, 0.717) is 0 Å². The Bertz CT molecular complexity index is 443. The van der Waals surface area contributed by atoms with Crippen LogP contribution in [0.3, 0.4) is 0 Å². The molecular weight excluding hydrogens is 174 g/mol. The second-order valence-corrected chi connectivity index (χ2v) is 3.84. The predicted molar refractivity (Wildman–Crippen MR) is 60.1 cm³/mol. The number of nitrogens with two attached hydrogens (primary N) is 1. The molecule has 0 amide bonds. The van der Waals surface area contributed by atoms with Crippen molar-refractivity contribution >= 4 is 16.6 Å². The van der Waals surface area contributed by atoms with Gasteiger partial charge in [0.2, 0.25) is 0 Å². The first-order chi connectivity index (χ1) is 6.66. The molecule has 14 heavy (non-hydrogen) atoms. The maximum absolute atomic E-state index is 5.86. The molecule has 0 saturated carbocycles. The number of benzene rings is 1. The van der Waals surface area contributed by atoms with Crippen LogP contribution in [0.2, 0.25) is 0 Å². The van der Waals surface area contributed by atoms with Crippen LogP contribution in [0.25, 0.3) is 10.9 Å². The SMILES string of the molecule is CN(C)Cc1cc2cccc(N)c2[nH]1. The fourth-order valence-electron chi connectivity index (χ4n) is 1.66. The average Bonchev–Trinajstić information content (AvgIpc) is 2.47. The highest BCUT2D eigenvalue weighted by atomic mass is 15.1. The van der Waals surface area contributed by atoms with Gasteiger partial charge >= 0.3 is 0 Å². The molecular formula is C11H15N3. The second-order valence-electron chi connectivity index (χ2n) is 3.84. The van der Waals surface area contributed by atoms with Gasteiger partial charge in [-0.15, -0.1) is 0 Å². The number of para-hydroxylation sites is 1. The monoisotopic (exact) mass is 189 g/mol. The molecule has 0 radical (unpaired) electrons. The highest BCUT2D eigenvalue weighted by molar-refractivity contribution is 5.90. The van der Waals surface area contributed by atoms with Gasteiger partial charge in [-0.25, -0.2) is 0 Å². The van der Waals surface area contributed by atoms with E-state index in [1.54, 1.807) is 0 Å². The summed E-state index contributed by atoms with van der Waals surface area (Å²) in [5.41, 5.74) is 8.91. The van der Waals surface area contributed by atoms with Crippen LogP contribution < -0.4 is 5.73 Å². The number of nitrogen functional groups attached to an aromatic ring is 1. The Labute approximate surface area is 83.5 Å². The summed E-state index contributed by atoms with van der Waals surface area (Å²) in [6, 6.07) is 8.11. The Balaban J connectivity index is 2.46. The van der Waals surface area contributed by atoms with Crippen molar-refractivity contribution in [3.8, 4) is 0 Å². The molecule has 1 aromatic heterocycles. The Morgan fingerprint density at radius 1 is 1.36 bits per heavy atom. The molecule has 3 N–H and O–H groups in total. The van der Waals surface area contributed by atoms with Gasteiger partial charge in [-0.05, 0) is 26.2 Å². The highest BCUT2D eigenvalue weighted by Crippen LogP contribution is 2.21.